The summed E-state index contributed by atoms with van der Waals surface area (Å²) >= 11 is 7.72. The summed E-state index contributed by atoms with van der Waals surface area (Å²) in [6.45, 7) is 0.466. The van der Waals surface area contributed by atoms with Gasteiger partial charge in [0, 0.05) is 5.92 Å². The van der Waals surface area contributed by atoms with E-state index in [4.69, 9.17) is 25.8 Å². The number of cyclic esters (lactones) is 1. The molecule has 0 aromatic carbocycles. The lowest BCUT2D eigenvalue weighted by atomic mass is 9.90. The van der Waals surface area contributed by atoms with Gasteiger partial charge in [-0.15, -0.1) is 0 Å². The number of alkyl halides is 2. The largest absolute Gasteiger partial charge is 0.471 e. The summed E-state index contributed by atoms with van der Waals surface area (Å²) in [6.07, 6.45) is 1.89. The normalized spacial score (nSPS) is 34.9. The SMILES string of the molecule is O=C1OCC[C@@H]2C1=CO[C@@H](OCCl)[C@@H]2I. The number of esters is 1. The summed E-state index contributed by atoms with van der Waals surface area (Å²) in [5.41, 5.74) is 0.607. The second-order valence-electron chi connectivity index (χ2n) is 3.33. The lowest BCUT2D eigenvalue weighted by Gasteiger charge is -2.35. The molecule has 2 aliphatic heterocycles. The highest BCUT2D eigenvalue weighted by atomic mass is 127. The van der Waals surface area contributed by atoms with Crippen LogP contribution in [0.4, 0.5) is 0 Å². The molecule has 0 aliphatic carbocycles. The molecule has 15 heavy (non-hydrogen) atoms. The molecule has 0 spiro atoms. The Morgan fingerprint density at radius 1 is 1.67 bits per heavy atom. The zero-order valence-corrected chi connectivity index (χ0v) is 10.7. The van der Waals surface area contributed by atoms with Crippen molar-refractivity contribution in [1.29, 1.82) is 0 Å². The predicted molar refractivity (Wildman–Crippen MR) is 61.6 cm³/mol. The number of hydrogen-bond donors (Lipinski definition) is 0. The molecule has 0 bridgehead atoms. The number of halogens is 2. The Hall–Kier alpha value is -0.0100. The summed E-state index contributed by atoms with van der Waals surface area (Å²) < 4.78 is 15.5. The van der Waals surface area contributed by atoms with Gasteiger partial charge in [0.1, 0.15) is 6.07 Å². The summed E-state index contributed by atoms with van der Waals surface area (Å²) in [4.78, 5) is 11.4. The molecule has 1 fully saturated rings. The standard InChI is InChI=1S/C9H10ClIO4/c10-4-15-9-7(11)5-1-2-13-8(12)6(5)3-14-9/h3,5,7,9H,1-2,4H2/t5-,7-,9+/m1/s1. The molecular weight excluding hydrogens is 334 g/mol. The van der Waals surface area contributed by atoms with Crippen molar-refractivity contribution in [3.05, 3.63) is 11.8 Å². The molecule has 2 rings (SSSR count). The van der Waals surface area contributed by atoms with Crippen LogP contribution in [0.3, 0.4) is 0 Å². The van der Waals surface area contributed by atoms with E-state index < -0.39 is 0 Å². The second kappa shape index (κ2) is 4.88. The van der Waals surface area contributed by atoms with Crippen molar-refractivity contribution in [3.63, 3.8) is 0 Å². The van der Waals surface area contributed by atoms with Crippen LogP contribution in [0.5, 0.6) is 0 Å². The average Bonchev–Trinajstić information content (AvgIpc) is 2.23. The maximum Gasteiger partial charge on any atom is 0.337 e. The van der Waals surface area contributed by atoms with Gasteiger partial charge in [-0.2, -0.15) is 0 Å². The number of rotatable bonds is 2. The predicted octanol–water partition coefficient (Wildman–Crippen LogP) is 1.81. The molecule has 0 aromatic heterocycles. The molecule has 0 unspecified atom stereocenters. The number of fused-ring (bicyclic) bond motifs is 1. The van der Waals surface area contributed by atoms with Crippen molar-refractivity contribution in [1.82, 2.24) is 0 Å². The van der Waals surface area contributed by atoms with Gasteiger partial charge in [0.2, 0.25) is 6.29 Å². The minimum Gasteiger partial charge on any atom is -0.471 e. The van der Waals surface area contributed by atoms with E-state index in [-0.39, 0.29) is 28.2 Å². The highest BCUT2D eigenvalue weighted by Gasteiger charge is 2.40. The lowest BCUT2D eigenvalue weighted by Crippen LogP contribution is -2.41. The van der Waals surface area contributed by atoms with Crippen molar-refractivity contribution >= 4 is 40.2 Å². The minimum atomic E-state index is -0.372. The van der Waals surface area contributed by atoms with E-state index >= 15 is 0 Å². The third kappa shape index (κ3) is 2.24. The van der Waals surface area contributed by atoms with Crippen LogP contribution in [0.25, 0.3) is 0 Å². The van der Waals surface area contributed by atoms with Gasteiger partial charge >= 0.3 is 5.97 Å². The molecule has 2 aliphatic rings. The number of hydrogen-bond acceptors (Lipinski definition) is 4. The zero-order valence-electron chi connectivity index (χ0n) is 7.82. The Bertz CT molecular complexity index is 294. The maximum absolute atomic E-state index is 11.4. The first kappa shape index (κ1) is 11.5. The van der Waals surface area contributed by atoms with Crippen LogP contribution in [-0.4, -0.2) is 28.9 Å². The van der Waals surface area contributed by atoms with Crippen molar-refractivity contribution in [2.45, 2.75) is 16.6 Å². The lowest BCUT2D eigenvalue weighted by molar-refractivity contribution is -0.148. The van der Waals surface area contributed by atoms with Crippen molar-refractivity contribution in [2.75, 3.05) is 12.7 Å². The highest BCUT2D eigenvalue weighted by Crippen LogP contribution is 2.36. The van der Waals surface area contributed by atoms with Gasteiger partial charge in [-0.25, -0.2) is 4.79 Å². The Morgan fingerprint density at radius 3 is 3.20 bits per heavy atom. The Balaban J connectivity index is 2.15. The highest BCUT2D eigenvalue weighted by molar-refractivity contribution is 14.1. The quantitative estimate of drug-likeness (QED) is 0.435. The smallest absolute Gasteiger partial charge is 0.337 e. The number of ether oxygens (including phenoxy) is 3. The first-order valence-corrected chi connectivity index (χ1v) is 6.36. The summed E-state index contributed by atoms with van der Waals surface area (Å²) in [7, 11) is 0. The topological polar surface area (TPSA) is 44.8 Å². The van der Waals surface area contributed by atoms with Crippen molar-refractivity contribution in [2.24, 2.45) is 5.92 Å². The Morgan fingerprint density at radius 2 is 2.47 bits per heavy atom. The van der Waals surface area contributed by atoms with Gasteiger partial charge < -0.3 is 14.2 Å². The second-order valence-corrected chi connectivity index (χ2v) is 4.99. The molecule has 3 atom stereocenters. The molecular formula is C9H10ClIO4. The van der Waals surface area contributed by atoms with E-state index in [1.807, 2.05) is 0 Å². The third-order valence-electron chi connectivity index (χ3n) is 2.50. The first-order valence-electron chi connectivity index (χ1n) is 4.58. The Kier molecular flexibility index (Phi) is 3.73. The van der Waals surface area contributed by atoms with Crippen LogP contribution in [-0.2, 0) is 19.0 Å². The zero-order chi connectivity index (χ0) is 10.8. The fourth-order valence-electron chi connectivity index (χ4n) is 1.73. The summed E-state index contributed by atoms with van der Waals surface area (Å²) in [5, 5.41) is 0. The van der Waals surface area contributed by atoms with Crippen molar-refractivity contribution < 1.29 is 19.0 Å². The van der Waals surface area contributed by atoms with Crippen molar-refractivity contribution in [3.8, 4) is 0 Å². The fourth-order valence-corrected chi connectivity index (χ4v) is 2.98. The van der Waals surface area contributed by atoms with E-state index in [1.54, 1.807) is 0 Å². The van der Waals surface area contributed by atoms with Crippen LogP contribution in [0.2, 0.25) is 0 Å². The minimum absolute atomic E-state index is 0.0878. The summed E-state index contributed by atoms with van der Waals surface area (Å²) in [5.74, 6) is -0.133. The molecule has 1 saturated heterocycles. The third-order valence-corrected chi connectivity index (χ3v) is 4.08. The van der Waals surface area contributed by atoms with Gasteiger partial charge in [0.25, 0.3) is 0 Å². The molecule has 0 amide bonds. The van der Waals surface area contributed by atoms with E-state index in [0.717, 1.165) is 6.42 Å². The monoisotopic (exact) mass is 344 g/mol. The summed E-state index contributed by atoms with van der Waals surface area (Å²) in [6, 6.07) is 0.0878. The van der Waals surface area contributed by atoms with Gasteiger partial charge in [0.05, 0.1) is 22.4 Å². The molecule has 0 N–H and O–H groups in total. The van der Waals surface area contributed by atoms with Gasteiger partial charge in [-0.1, -0.05) is 34.2 Å². The average molecular weight is 345 g/mol. The molecule has 4 nitrogen and oxygen atoms in total. The molecule has 2 heterocycles. The van der Waals surface area contributed by atoms with E-state index in [1.165, 1.54) is 6.26 Å². The van der Waals surface area contributed by atoms with E-state index in [2.05, 4.69) is 22.6 Å². The van der Waals surface area contributed by atoms with Crippen LogP contribution < -0.4 is 0 Å². The van der Waals surface area contributed by atoms with Crippen LogP contribution >= 0.6 is 34.2 Å². The van der Waals surface area contributed by atoms with E-state index in [9.17, 15) is 4.79 Å². The van der Waals surface area contributed by atoms with Crippen LogP contribution in [0.15, 0.2) is 11.8 Å². The van der Waals surface area contributed by atoms with Gasteiger partial charge in [-0.3, -0.25) is 0 Å². The van der Waals surface area contributed by atoms with Crippen LogP contribution in [0, 0.1) is 5.92 Å². The molecule has 84 valence electrons. The number of carbonyl (C=O) groups excluding carboxylic acids is 1. The first-order chi connectivity index (χ1) is 7.24. The maximum atomic E-state index is 11.4. The van der Waals surface area contributed by atoms with E-state index in [0.29, 0.717) is 12.2 Å². The van der Waals surface area contributed by atoms with Gasteiger partial charge in [-0.05, 0) is 6.42 Å². The molecule has 0 saturated carbocycles. The molecule has 0 aromatic rings. The van der Waals surface area contributed by atoms with Gasteiger partial charge in [0.15, 0.2) is 0 Å². The fraction of sp³-hybridized carbons (Fsp3) is 0.667. The molecule has 6 heteroatoms. The number of carbonyl (C=O) groups is 1. The Labute approximate surface area is 106 Å². The van der Waals surface area contributed by atoms with Crippen LogP contribution in [0.1, 0.15) is 6.42 Å². The molecule has 0 radical (unpaired) electrons.